The largest absolute Gasteiger partial charge is 0.476 e. The highest BCUT2D eigenvalue weighted by atomic mass is 79.9. The van der Waals surface area contributed by atoms with Gasteiger partial charge in [-0.3, -0.25) is 10.1 Å². The molecule has 1 aromatic carbocycles. The molecule has 0 bridgehead atoms. The van der Waals surface area contributed by atoms with E-state index in [4.69, 9.17) is 9.84 Å². The number of nitro groups is 1. The van der Waals surface area contributed by atoms with Crippen molar-refractivity contribution in [3.05, 3.63) is 50.1 Å². The van der Waals surface area contributed by atoms with Gasteiger partial charge in [-0.2, -0.15) is 0 Å². The first-order valence-corrected chi connectivity index (χ1v) is 6.37. The van der Waals surface area contributed by atoms with Crippen LogP contribution in [0.4, 0.5) is 5.69 Å². The fourth-order valence-corrected chi connectivity index (χ4v) is 2.13. The molecule has 0 aliphatic carbocycles. The standard InChI is InChI=1S/C12H8BrN3O5/c1-6-4-7(13)5-9(16(19)20)11(6)21-10-3-2-8(12(17)18)14-15-10/h2-5H,1H3,(H,17,18). The van der Waals surface area contributed by atoms with Crippen LogP contribution in [0.2, 0.25) is 0 Å². The van der Waals surface area contributed by atoms with E-state index in [2.05, 4.69) is 26.1 Å². The molecule has 0 fully saturated rings. The molecule has 0 saturated heterocycles. The summed E-state index contributed by atoms with van der Waals surface area (Å²) in [6.07, 6.45) is 0. The second-order valence-electron chi connectivity index (χ2n) is 3.99. The Morgan fingerprint density at radius 2 is 2.10 bits per heavy atom. The molecule has 0 unspecified atom stereocenters. The topological polar surface area (TPSA) is 115 Å². The van der Waals surface area contributed by atoms with Crippen molar-refractivity contribution < 1.29 is 19.6 Å². The molecule has 21 heavy (non-hydrogen) atoms. The van der Waals surface area contributed by atoms with Crippen molar-refractivity contribution in [3.63, 3.8) is 0 Å². The van der Waals surface area contributed by atoms with E-state index in [1.54, 1.807) is 13.0 Å². The Kier molecular flexibility index (Phi) is 4.13. The van der Waals surface area contributed by atoms with Crippen molar-refractivity contribution in [1.29, 1.82) is 0 Å². The monoisotopic (exact) mass is 353 g/mol. The molecule has 0 aliphatic rings. The summed E-state index contributed by atoms with van der Waals surface area (Å²) < 4.78 is 5.91. The lowest BCUT2D eigenvalue weighted by molar-refractivity contribution is -0.385. The molecule has 0 amide bonds. The second-order valence-corrected chi connectivity index (χ2v) is 4.91. The first kappa shape index (κ1) is 14.9. The maximum atomic E-state index is 11.1. The van der Waals surface area contributed by atoms with Crippen LogP contribution < -0.4 is 4.74 Å². The number of benzene rings is 1. The third kappa shape index (κ3) is 3.31. The van der Waals surface area contributed by atoms with Crippen LogP contribution in [0.15, 0.2) is 28.7 Å². The number of hydrogen-bond donors (Lipinski definition) is 1. The summed E-state index contributed by atoms with van der Waals surface area (Å²) in [6, 6.07) is 5.44. The van der Waals surface area contributed by atoms with Crippen LogP contribution in [0.1, 0.15) is 16.1 Å². The van der Waals surface area contributed by atoms with Crippen LogP contribution in [0.25, 0.3) is 0 Å². The van der Waals surface area contributed by atoms with E-state index >= 15 is 0 Å². The third-order valence-corrected chi connectivity index (χ3v) is 2.94. The van der Waals surface area contributed by atoms with E-state index in [0.29, 0.717) is 10.0 Å². The Bertz CT molecular complexity index is 718. The number of carbonyl (C=O) groups is 1. The van der Waals surface area contributed by atoms with Gasteiger partial charge >= 0.3 is 11.7 Å². The van der Waals surface area contributed by atoms with Crippen LogP contribution in [0.5, 0.6) is 11.6 Å². The molecule has 8 nitrogen and oxygen atoms in total. The number of nitro benzene ring substituents is 1. The van der Waals surface area contributed by atoms with Gasteiger partial charge in [-0.1, -0.05) is 15.9 Å². The lowest BCUT2D eigenvalue weighted by Gasteiger charge is -2.08. The van der Waals surface area contributed by atoms with E-state index in [0.717, 1.165) is 0 Å². The second kappa shape index (κ2) is 5.83. The van der Waals surface area contributed by atoms with Gasteiger partial charge in [0.2, 0.25) is 11.6 Å². The predicted molar refractivity (Wildman–Crippen MR) is 74.6 cm³/mol. The maximum Gasteiger partial charge on any atom is 0.356 e. The van der Waals surface area contributed by atoms with E-state index in [1.165, 1.54) is 18.2 Å². The van der Waals surface area contributed by atoms with E-state index in [9.17, 15) is 14.9 Å². The van der Waals surface area contributed by atoms with Crippen molar-refractivity contribution in [2.45, 2.75) is 6.92 Å². The lowest BCUT2D eigenvalue weighted by Crippen LogP contribution is -2.03. The average Bonchev–Trinajstić information content (AvgIpc) is 2.41. The van der Waals surface area contributed by atoms with Crippen LogP contribution in [-0.2, 0) is 0 Å². The molecule has 0 atom stereocenters. The number of carboxylic acids is 1. The van der Waals surface area contributed by atoms with Crippen molar-refractivity contribution >= 4 is 27.6 Å². The molecule has 2 rings (SSSR count). The summed E-state index contributed by atoms with van der Waals surface area (Å²) in [4.78, 5) is 21.1. The fourth-order valence-electron chi connectivity index (χ4n) is 1.57. The third-order valence-electron chi connectivity index (χ3n) is 2.48. The number of aryl methyl sites for hydroxylation is 1. The molecular weight excluding hydrogens is 346 g/mol. The maximum absolute atomic E-state index is 11.1. The normalized spacial score (nSPS) is 10.2. The highest BCUT2D eigenvalue weighted by Gasteiger charge is 2.20. The molecule has 1 aromatic heterocycles. The molecule has 0 spiro atoms. The highest BCUT2D eigenvalue weighted by Crippen LogP contribution is 2.36. The zero-order valence-electron chi connectivity index (χ0n) is 10.6. The van der Waals surface area contributed by atoms with Gasteiger partial charge in [0.1, 0.15) is 0 Å². The molecule has 1 heterocycles. The van der Waals surface area contributed by atoms with Gasteiger partial charge in [0.05, 0.1) is 4.92 Å². The average molecular weight is 354 g/mol. The van der Waals surface area contributed by atoms with Crippen molar-refractivity contribution in [1.82, 2.24) is 10.2 Å². The van der Waals surface area contributed by atoms with Crippen LogP contribution in [0, 0.1) is 17.0 Å². The van der Waals surface area contributed by atoms with Crippen LogP contribution in [-0.4, -0.2) is 26.2 Å². The number of aromatic carboxylic acids is 1. The Balaban J connectivity index is 2.39. The zero-order valence-corrected chi connectivity index (χ0v) is 12.2. The molecule has 2 aromatic rings. The Morgan fingerprint density at radius 3 is 2.62 bits per heavy atom. The number of aromatic nitrogens is 2. The zero-order chi connectivity index (χ0) is 15.6. The van der Waals surface area contributed by atoms with Gasteiger partial charge in [-0.05, 0) is 19.1 Å². The summed E-state index contributed by atoms with van der Waals surface area (Å²) in [5.74, 6) is -1.23. The van der Waals surface area contributed by atoms with E-state index in [-0.39, 0.29) is 23.0 Å². The first-order chi connectivity index (χ1) is 9.88. The first-order valence-electron chi connectivity index (χ1n) is 5.58. The summed E-state index contributed by atoms with van der Waals surface area (Å²) in [5.41, 5.74) is 0.0514. The SMILES string of the molecule is Cc1cc(Br)cc([N+](=O)[O-])c1Oc1ccc(C(=O)O)nn1. The van der Waals surface area contributed by atoms with Gasteiger partial charge in [-0.25, -0.2) is 4.79 Å². The molecule has 108 valence electrons. The molecule has 0 saturated carbocycles. The van der Waals surface area contributed by atoms with Crippen molar-refractivity contribution in [2.24, 2.45) is 0 Å². The smallest absolute Gasteiger partial charge is 0.356 e. The van der Waals surface area contributed by atoms with E-state index in [1.807, 2.05) is 0 Å². The van der Waals surface area contributed by atoms with E-state index < -0.39 is 10.9 Å². The number of halogens is 1. The predicted octanol–water partition coefficient (Wildman–Crippen LogP) is 2.95. The molecule has 0 aliphatic heterocycles. The Labute approximate surface area is 126 Å². The molecule has 1 N–H and O–H groups in total. The Morgan fingerprint density at radius 1 is 1.38 bits per heavy atom. The van der Waals surface area contributed by atoms with Gasteiger partial charge in [0.25, 0.3) is 0 Å². The van der Waals surface area contributed by atoms with Crippen molar-refractivity contribution in [3.8, 4) is 11.6 Å². The highest BCUT2D eigenvalue weighted by molar-refractivity contribution is 9.10. The quantitative estimate of drug-likeness (QED) is 0.663. The van der Waals surface area contributed by atoms with Gasteiger partial charge in [0.15, 0.2) is 5.69 Å². The number of carboxylic acid groups (broad SMARTS) is 1. The minimum Gasteiger partial charge on any atom is -0.476 e. The number of rotatable bonds is 4. The molecule has 0 radical (unpaired) electrons. The van der Waals surface area contributed by atoms with Gasteiger partial charge in [-0.15, -0.1) is 10.2 Å². The van der Waals surface area contributed by atoms with Crippen LogP contribution in [0.3, 0.4) is 0 Å². The molecular formula is C12H8BrN3O5. The summed E-state index contributed by atoms with van der Waals surface area (Å²) >= 11 is 3.17. The Hall–Kier alpha value is -2.55. The number of nitrogens with zero attached hydrogens (tertiary/aromatic N) is 3. The van der Waals surface area contributed by atoms with Crippen LogP contribution >= 0.6 is 15.9 Å². The number of hydrogen-bond acceptors (Lipinski definition) is 6. The minimum absolute atomic E-state index is 0.0283. The van der Waals surface area contributed by atoms with Gasteiger partial charge < -0.3 is 9.84 Å². The molecule has 9 heteroatoms. The fraction of sp³-hybridized carbons (Fsp3) is 0.0833. The van der Waals surface area contributed by atoms with Crippen molar-refractivity contribution in [2.75, 3.05) is 0 Å². The van der Waals surface area contributed by atoms with Gasteiger partial charge in [0, 0.05) is 22.2 Å². The number of ether oxygens (including phenoxy) is 1. The summed E-state index contributed by atoms with van der Waals surface area (Å²) in [5, 5.41) is 26.8. The minimum atomic E-state index is -1.22. The lowest BCUT2D eigenvalue weighted by atomic mass is 10.2. The summed E-state index contributed by atoms with van der Waals surface area (Å²) in [7, 11) is 0. The summed E-state index contributed by atoms with van der Waals surface area (Å²) in [6.45, 7) is 1.64.